The molecule has 0 aliphatic rings. The second kappa shape index (κ2) is 8.57. The Morgan fingerprint density at radius 3 is 2.00 bits per heavy atom. The standard InChI is InChI=1S/C19H21N7S2/c1-12-23-14(10-27-12)5-8-21-18-19(22-9-6-15-11-28-13(2)24-15)26-17-16(25-18)4-3-7-20-17/h3-4,7,10-11H,5-6,8-9H2,1-2H3,(H,21,25)(H,20,22,26). The normalized spacial score (nSPS) is 11.1. The van der Waals surface area contributed by atoms with E-state index in [1.165, 1.54) is 0 Å². The summed E-state index contributed by atoms with van der Waals surface area (Å²) >= 11 is 3.35. The van der Waals surface area contributed by atoms with E-state index in [0.29, 0.717) is 11.5 Å². The number of anilines is 2. The Bertz CT molecular complexity index is 988. The van der Waals surface area contributed by atoms with E-state index in [0.717, 1.165) is 58.7 Å². The maximum absolute atomic E-state index is 4.71. The summed E-state index contributed by atoms with van der Waals surface area (Å²) in [5, 5.41) is 13.2. The number of rotatable bonds is 8. The molecule has 0 spiro atoms. The Morgan fingerprint density at radius 1 is 0.821 bits per heavy atom. The summed E-state index contributed by atoms with van der Waals surface area (Å²) in [6.07, 6.45) is 3.41. The van der Waals surface area contributed by atoms with Gasteiger partial charge in [-0.25, -0.2) is 24.9 Å². The second-order valence-electron chi connectivity index (χ2n) is 6.34. The molecule has 0 saturated carbocycles. The highest BCUT2D eigenvalue weighted by Crippen LogP contribution is 2.20. The summed E-state index contributed by atoms with van der Waals surface area (Å²) in [6.45, 7) is 5.52. The van der Waals surface area contributed by atoms with Crippen LogP contribution in [0.3, 0.4) is 0 Å². The van der Waals surface area contributed by atoms with Gasteiger partial charge in [0.15, 0.2) is 17.3 Å². The molecule has 4 aromatic rings. The molecule has 4 heterocycles. The average molecular weight is 412 g/mol. The molecule has 2 N–H and O–H groups in total. The van der Waals surface area contributed by atoms with Gasteiger partial charge in [0.05, 0.1) is 21.4 Å². The number of thiazole rings is 2. The van der Waals surface area contributed by atoms with E-state index < -0.39 is 0 Å². The molecule has 7 nitrogen and oxygen atoms in total. The fraction of sp³-hybridized carbons (Fsp3) is 0.316. The van der Waals surface area contributed by atoms with Crippen molar-refractivity contribution in [2.75, 3.05) is 23.7 Å². The van der Waals surface area contributed by atoms with E-state index in [-0.39, 0.29) is 0 Å². The molecule has 0 bridgehead atoms. The first-order chi connectivity index (χ1) is 13.7. The number of fused-ring (bicyclic) bond motifs is 1. The van der Waals surface area contributed by atoms with Crippen molar-refractivity contribution < 1.29 is 0 Å². The maximum atomic E-state index is 4.71. The fourth-order valence-corrected chi connectivity index (χ4v) is 4.10. The van der Waals surface area contributed by atoms with Gasteiger partial charge in [-0.1, -0.05) is 0 Å². The second-order valence-corrected chi connectivity index (χ2v) is 8.46. The lowest BCUT2D eigenvalue weighted by Gasteiger charge is -2.12. The van der Waals surface area contributed by atoms with Crippen molar-refractivity contribution in [3.05, 3.63) is 50.5 Å². The third-order valence-corrected chi connectivity index (χ3v) is 5.77. The molecular weight excluding hydrogens is 390 g/mol. The van der Waals surface area contributed by atoms with Crippen molar-refractivity contribution in [3.63, 3.8) is 0 Å². The van der Waals surface area contributed by atoms with Crippen LogP contribution in [-0.2, 0) is 12.8 Å². The van der Waals surface area contributed by atoms with E-state index in [1.807, 2.05) is 26.0 Å². The van der Waals surface area contributed by atoms with Gasteiger partial charge in [-0.05, 0) is 26.0 Å². The first-order valence-corrected chi connectivity index (χ1v) is 10.9. The van der Waals surface area contributed by atoms with Crippen LogP contribution in [0.1, 0.15) is 21.4 Å². The number of hydrogen-bond acceptors (Lipinski definition) is 9. The van der Waals surface area contributed by atoms with Crippen molar-refractivity contribution in [1.82, 2.24) is 24.9 Å². The molecular formula is C19H21N7S2. The molecule has 0 aromatic carbocycles. The minimum Gasteiger partial charge on any atom is -0.367 e. The van der Waals surface area contributed by atoms with E-state index in [2.05, 4.69) is 41.3 Å². The van der Waals surface area contributed by atoms with Gasteiger partial charge in [-0.2, -0.15) is 0 Å². The van der Waals surface area contributed by atoms with E-state index >= 15 is 0 Å². The van der Waals surface area contributed by atoms with Crippen LogP contribution in [0, 0.1) is 13.8 Å². The van der Waals surface area contributed by atoms with Crippen LogP contribution < -0.4 is 10.6 Å². The number of aromatic nitrogens is 5. The largest absolute Gasteiger partial charge is 0.367 e. The van der Waals surface area contributed by atoms with Crippen LogP contribution in [0.2, 0.25) is 0 Å². The smallest absolute Gasteiger partial charge is 0.180 e. The molecule has 0 fully saturated rings. The van der Waals surface area contributed by atoms with Gasteiger partial charge in [0.25, 0.3) is 0 Å². The first kappa shape index (κ1) is 18.7. The summed E-state index contributed by atoms with van der Waals surface area (Å²) < 4.78 is 0. The van der Waals surface area contributed by atoms with Crippen LogP contribution >= 0.6 is 22.7 Å². The van der Waals surface area contributed by atoms with E-state index in [4.69, 9.17) is 4.98 Å². The molecule has 9 heteroatoms. The Morgan fingerprint density at radius 2 is 1.43 bits per heavy atom. The SMILES string of the molecule is Cc1nc(CCNc2nc3cccnc3nc2NCCc2csc(C)n2)cs1. The lowest BCUT2D eigenvalue weighted by molar-refractivity contribution is 0.944. The highest BCUT2D eigenvalue weighted by molar-refractivity contribution is 7.09. The third kappa shape index (κ3) is 4.60. The van der Waals surface area contributed by atoms with Gasteiger partial charge in [-0.3, -0.25) is 0 Å². The lowest BCUT2D eigenvalue weighted by Crippen LogP contribution is -2.13. The number of aryl methyl sites for hydroxylation is 2. The predicted octanol–water partition coefficient (Wildman–Crippen LogP) is 3.86. The van der Waals surface area contributed by atoms with E-state index in [9.17, 15) is 0 Å². The molecule has 0 amide bonds. The van der Waals surface area contributed by atoms with Crippen molar-refractivity contribution in [2.24, 2.45) is 0 Å². The summed E-state index contributed by atoms with van der Waals surface area (Å²) in [5.41, 5.74) is 3.60. The topological polar surface area (TPSA) is 88.5 Å². The Hall–Kier alpha value is -2.65. The fourth-order valence-electron chi connectivity index (χ4n) is 2.80. The van der Waals surface area contributed by atoms with Gasteiger partial charge in [0.1, 0.15) is 5.52 Å². The molecule has 28 heavy (non-hydrogen) atoms. The zero-order valence-corrected chi connectivity index (χ0v) is 17.4. The van der Waals surface area contributed by atoms with Crippen molar-refractivity contribution >= 4 is 45.5 Å². The van der Waals surface area contributed by atoms with Crippen molar-refractivity contribution in [1.29, 1.82) is 0 Å². The quantitative estimate of drug-likeness (QED) is 0.455. The molecule has 0 saturated heterocycles. The summed E-state index contributed by atoms with van der Waals surface area (Å²) in [7, 11) is 0. The Labute approximate surface area is 171 Å². The number of pyridine rings is 1. The average Bonchev–Trinajstić information content (AvgIpc) is 3.30. The van der Waals surface area contributed by atoms with Crippen LogP contribution in [0.15, 0.2) is 29.1 Å². The Balaban J connectivity index is 1.46. The van der Waals surface area contributed by atoms with Crippen LogP contribution in [0.5, 0.6) is 0 Å². The first-order valence-electron chi connectivity index (χ1n) is 9.10. The molecule has 0 aliphatic carbocycles. The molecule has 144 valence electrons. The van der Waals surface area contributed by atoms with Gasteiger partial charge < -0.3 is 10.6 Å². The van der Waals surface area contributed by atoms with Gasteiger partial charge in [0.2, 0.25) is 0 Å². The number of nitrogens with one attached hydrogen (secondary N) is 2. The van der Waals surface area contributed by atoms with Gasteiger partial charge in [-0.15, -0.1) is 22.7 Å². The number of nitrogens with zero attached hydrogens (tertiary/aromatic N) is 5. The zero-order chi connectivity index (χ0) is 19.3. The summed E-state index contributed by atoms with van der Waals surface area (Å²) in [4.78, 5) is 22.7. The maximum Gasteiger partial charge on any atom is 0.180 e. The molecule has 0 atom stereocenters. The summed E-state index contributed by atoms with van der Waals surface area (Å²) in [6, 6.07) is 3.79. The number of hydrogen-bond donors (Lipinski definition) is 2. The van der Waals surface area contributed by atoms with Crippen LogP contribution in [0.25, 0.3) is 11.2 Å². The van der Waals surface area contributed by atoms with Crippen LogP contribution in [0.4, 0.5) is 11.6 Å². The molecule has 0 radical (unpaired) electrons. The monoisotopic (exact) mass is 411 g/mol. The minimum absolute atomic E-state index is 0.634. The predicted molar refractivity (Wildman–Crippen MR) is 115 cm³/mol. The van der Waals surface area contributed by atoms with Crippen molar-refractivity contribution in [3.8, 4) is 0 Å². The lowest BCUT2D eigenvalue weighted by atomic mass is 10.3. The molecule has 0 unspecified atom stereocenters. The highest BCUT2D eigenvalue weighted by atomic mass is 32.1. The van der Waals surface area contributed by atoms with Gasteiger partial charge in [0, 0.05) is 42.9 Å². The Kier molecular flexibility index (Phi) is 5.73. The van der Waals surface area contributed by atoms with E-state index in [1.54, 1.807) is 28.9 Å². The highest BCUT2D eigenvalue weighted by Gasteiger charge is 2.10. The van der Waals surface area contributed by atoms with Crippen molar-refractivity contribution in [2.45, 2.75) is 26.7 Å². The zero-order valence-electron chi connectivity index (χ0n) is 15.8. The van der Waals surface area contributed by atoms with Gasteiger partial charge >= 0.3 is 0 Å². The minimum atomic E-state index is 0.634. The third-order valence-electron chi connectivity index (χ3n) is 4.12. The molecule has 4 rings (SSSR count). The molecule has 0 aliphatic heterocycles. The van der Waals surface area contributed by atoms with Crippen LogP contribution in [-0.4, -0.2) is 38.0 Å². The summed E-state index contributed by atoms with van der Waals surface area (Å²) in [5.74, 6) is 1.45. The molecule has 4 aromatic heterocycles.